The monoisotopic (exact) mass is 417 g/mol. The number of nitrogens with two attached hydrogens (primary N) is 3. The van der Waals surface area contributed by atoms with Gasteiger partial charge in [-0.3, -0.25) is 0 Å². The van der Waals surface area contributed by atoms with Gasteiger partial charge >= 0.3 is 0 Å². The molecule has 0 spiro atoms. The predicted molar refractivity (Wildman–Crippen MR) is 133 cm³/mol. The molecule has 0 amide bonds. The Morgan fingerprint density at radius 3 is 1.68 bits per heavy atom. The van der Waals surface area contributed by atoms with Gasteiger partial charge in [0.25, 0.3) is 0 Å². The number of benzene rings is 3. The van der Waals surface area contributed by atoms with Gasteiger partial charge in [0.15, 0.2) is 5.96 Å². The van der Waals surface area contributed by atoms with Crippen LogP contribution in [-0.2, 0) is 0 Å². The van der Waals surface area contributed by atoms with E-state index >= 15 is 0 Å². The fraction of sp³-hybridized carbons (Fsp3) is 0.167. The van der Waals surface area contributed by atoms with E-state index in [-0.39, 0.29) is 11.9 Å². The Morgan fingerprint density at radius 1 is 0.710 bits per heavy atom. The number of hydrogen-bond donors (Lipinski definition) is 5. The first kappa shape index (κ1) is 23.3. The molecule has 31 heavy (non-hydrogen) atoms. The molecule has 0 heterocycles. The quantitative estimate of drug-likeness (QED) is 0.227. The Hall–Kier alpha value is -4.00. The van der Waals surface area contributed by atoms with Gasteiger partial charge in [0, 0.05) is 24.5 Å². The molecule has 0 radical (unpaired) electrons. The van der Waals surface area contributed by atoms with E-state index in [1.807, 2.05) is 67.6 Å². The van der Waals surface area contributed by atoms with Crippen LogP contribution in [0.4, 0.5) is 17.1 Å². The highest BCUT2D eigenvalue weighted by molar-refractivity contribution is 5.93. The third-order valence-corrected chi connectivity index (χ3v) is 4.15. The molecule has 7 heteroatoms. The minimum absolute atomic E-state index is 0.0549. The van der Waals surface area contributed by atoms with Crippen molar-refractivity contribution in [3.05, 3.63) is 90.5 Å². The molecule has 8 N–H and O–H groups in total. The number of hydrogen-bond acceptors (Lipinski definition) is 3. The van der Waals surface area contributed by atoms with Crippen LogP contribution in [0, 0.1) is 6.92 Å². The van der Waals surface area contributed by atoms with Gasteiger partial charge in [0.1, 0.15) is 0 Å². The van der Waals surface area contributed by atoms with Crippen molar-refractivity contribution in [2.45, 2.75) is 13.3 Å². The summed E-state index contributed by atoms with van der Waals surface area (Å²) >= 11 is 0. The molecular formula is C24H31N7. The van der Waals surface area contributed by atoms with Crippen LogP contribution in [0.1, 0.15) is 12.0 Å². The number of anilines is 2. The summed E-state index contributed by atoms with van der Waals surface area (Å²) in [5.41, 5.74) is 19.9. The Kier molecular flexibility index (Phi) is 9.96. The van der Waals surface area contributed by atoms with E-state index in [0.29, 0.717) is 0 Å². The van der Waals surface area contributed by atoms with Crippen LogP contribution in [-0.4, -0.2) is 25.0 Å². The molecule has 0 aliphatic heterocycles. The second kappa shape index (κ2) is 13.3. The second-order valence-corrected chi connectivity index (χ2v) is 6.73. The van der Waals surface area contributed by atoms with Crippen molar-refractivity contribution in [2.24, 2.45) is 27.2 Å². The van der Waals surface area contributed by atoms with Crippen molar-refractivity contribution in [2.75, 3.05) is 23.7 Å². The van der Waals surface area contributed by atoms with Gasteiger partial charge in [-0.25, -0.2) is 4.99 Å². The third-order valence-electron chi connectivity index (χ3n) is 4.15. The topological polar surface area (TPSA) is 127 Å². The minimum atomic E-state index is -0.0974. The van der Waals surface area contributed by atoms with Crippen molar-refractivity contribution in [1.82, 2.24) is 0 Å². The Labute approximate surface area is 184 Å². The highest BCUT2D eigenvalue weighted by atomic mass is 15.1. The summed E-state index contributed by atoms with van der Waals surface area (Å²) in [7, 11) is 0. The van der Waals surface area contributed by atoms with E-state index in [1.165, 1.54) is 11.4 Å². The molecular weight excluding hydrogens is 386 g/mol. The zero-order valence-electron chi connectivity index (χ0n) is 17.8. The Bertz CT molecular complexity index is 908. The molecule has 0 aliphatic rings. The Morgan fingerprint density at radius 2 is 1.19 bits per heavy atom. The van der Waals surface area contributed by atoms with Crippen LogP contribution in [0.2, 0.25) is 0 Å². The molecule has 3 aromatic rings. The molecule has 0 aromatic heterocycles. The molecule has 162 valence electrons. The van der Waals surface area contributed by atoms with Gasteiger partial charge < -0.3 is 27.8 Å². The van der Waals surface area contributed by atoms with Gasteiger partial charge in [-0.1, -0.05) is 54.6 Å². The van der Waals surface area contributed by atoms with Gasteiger partial charge in [-0.2, -0.15) is 4.99 Å². The standard InChI is InChI=1S/C15H18N2.C9H13N5/c1-3-8-14(9-4-1)16-12-7-13-17-15-10-5-2-6-11-15;1-6-4-2-3-5-7(6)13-9(12)14-8(10)11/h1-6,8-11,16-17H,7,12-13H2;2-5H,1H3,(H6,10,11,12,13,14). The number of aliphatic imine (C=N–C) groups is 2. The van der Waals surface area contributed by atoms with Crippen LogP contribution in [0.15, 0.2) is 94.9 Å². The summed E-state index contributed by atoms with van der Waals surface area (Å²) in [5, 5.41) is 6.78. The molecule has 0 fully saturated rings. The molecule has 3 rings (SSSR count). The van der Waals surface area contributed by atoms with Crippen molar-refractivity contribution in [3.8, 4) is 0 Å². The molecule has 0 aliphatic carbocycles. The molecule has 3 aromatic carbocycles. The summed E-state index contributed by atoms with van der Waals surface area (Å²) in [6, 6.07) is 28.2. The van der Waals surface area contributed by atoms with Crippen LogP contribution in [0.25, 0.3) is 0 Å². The van der Waals surface area contributed by atoms with E-state index in [9.17, 15) is 0 Å². The first-order chi connectivity index (χ1) is 15.0. The Balaban J connectivity index is 0.000000225. The zero-order chi connectivity index (χ0) is 22.3. The van der Waals surface area contributed by atoms with Crippen LogP contribution in [0.5, 0.6) is 0 Å². The van der Waals surface area contributed by atoms with Gasteiger partial charge in [-0.05, 0) is 49.2 Å². The van der Waals surface area contributed by atoms with E-state index in [0.717, 1.165) is 30.8 Å². The van der Waals surface area contributed by atoms with Crippen molar-refractivity contribution in [3.63, 3.8) is 0 Å². The van der Waals surface area contributed by atoms with Gasteiger partial charge in [-0.15, -0.1) is 0 Å². The maximum Gasteiger partial charge on any atom is 0.223 e. The van der Waals surface area contributed by atoms with E-state index in [2.05, 4.69) is 44.9 Å². The normalized spacial score (nSPS) is 10.4. The largest absolute Gasteiger partial charge is 0.385 e. The SMILES string of the molecule is Cc1ccccc1N=C(N)N=C(N)N.c1ccc(NCCCNc2ccccc2)cc1. The third kappa shape index (κ3) is 9.85. The number of aryl methyl sites for hydroxylation is 1. The van der Waals surface area contributed by atoms with Crippen molar-refractivity contribution < 1.29 is 0 Å². The van der Waals surface area contributed by atoms with Crippen LogP contribution >= 0.6 is 0 Å². The summed E-state index contributed by atoms with van der Waals surface area (Å²) in [6.07, 6.45) is 1.10. The van der Waals surface area contributed by atoms with Crippen molar-refractivity contribution in [1.29, 1.82) is 0 Å². The lowest BCUT2D eigenvalue weighted by Crippen LogP contribution is -2.26. The zero-order valence-corrected chi connectivity index (χ0v) is 17.8. The lowest BCUT2D eigenvalue weighted by Gasteiger charge is -2.08. The number of nitrogens with zero attached hydrogens (tertiary/aromatic N) is 2. The highest BCUT2D eigenvalue weighted by Gasteiger charge is 1.95. The van der Waals surface area contributed by atoms with Gasteiger partial charge in [0.05, 0.1) is 5.69 Å². The average Bonchev–Trinajstić information content (AvgIpc) is 2.76. The molecule has 0 unspecified atom stereocenters. The predicted octanol–water partition coefficient (Wildman–Crippen LogP) is 3.82. The maximum atomic E-state index is 5.48. The second-order valence-electron chi connectivity index (χ2n) is 6.73. The average molecular weight is 418 g/mol. The molecule has 0 saturated carbocycles. The summed E-state index contributed by atoms with van der Waals surface area (Å²) in [4.78, 5) is 7.66. The van der Waals surface area contributed by atoms with E-state index < -0.39 is 0 Å². The first-order valence-corrected chi connectivity index (χ1v) is 10.1. The minimum Gasteiger partial charge on any atom is -0.385 e. The van der Waals surface area contributed by atoms with E-state index in [4.69, 9.17) is 17.2 Å². The van der Waals surface area contributed by atoms with E-state index in [1.54, 1.807) is 0 Å². The lowest BCUT2D eigenvalue weighted by molar-refractivity contribution is 0.909. The number of rotatable bonds is 7. The maximum absolute atomic E-state index is 5.48. The molecule has 7 nitrogen and oxygen atoms in total. The van der Waals surface area contributed by atoms with Gasteiger partial charge in [0.2, 0.25) is 5.96 Å². The lowest BCUT2D eigenvalue weighted by atomic mass is 10.2. The molecule has 0 atom stereocenters. The fourth-order valence-electron chi connectivity index (χ4n) is 2.64. The number of guanidine groups is 2. The fourth-order valence-corrected chi connectivity index (χ4v) is 2.64. The molecule has 0 bridgehead atoms. The summed E-state index contributed by atoms with van der Waals surface area (Å²) < 4.78 is 0. The first-order valence-electron chi connectivity index (χ1n) is 10.1. The summed E-state index contributed by atoms with van der Waals surface area (Å²) in [6.45, 7) is 3.91. The molecule has 0 saturated heterocycles. The smallest absolute Gasteiger partial charge is 0.223 e. The number of para-hydroxylation sites is 3. The highest BCUT2D eigenvalue weighted by Crippen LogP contribution is 2.16. The van der Waals surface area contributed by atoms with Crippen molar-refractivity contribution >= 4 is 29.0 Å². The number of nitrogens with one attached hydrogen (secondary N) is 2. The van der Waals surface area contributed by atoms with Crippen LogP contribution in [0.3, 0.4) is 0 Å². The van der Waals surface area contributed by atoms with Crippen LogP contribution < -0.4 is 27.8 Å². The summed E-state index contributed by atoms with van der Waals surface area (Å²) in [5.74, 6) is -0.0425.